The van der Waals surface area contributed by atoms with Crippen molar-refractivity contribution in [2.45, 2.75) is 38.1 Å². The quantitative estimate of drug-likeness (QED) is 0.613. The molecule has 7 nitrogen and oxygen atoms in total. The Morgan fingerprint density at radius 3 is 2.20 bits per heavy atom. The maximum absolute atomic E-state index is 5.98. The van der Waals surface area contributed by atoms with Gasteiger partial charge in [-0.3, -0.25) is 0 Å². The first-order valence-corrected chi connectivity index (χ1v) is 10.3. The van der Waals surface area contributed by atoms with E-state index in [2.05, 4.69) is 21.4 Å². The number of nitrogens with two attached hydrogens (primary N) is 1. The summed E-state index contributed by atoms with van der Waals surface area (Å²) in [5.74, 6) is 2.86. The summed E-state index contributed by atoms with van der Waals surface area (Å²) < 4.78 is 16.5. The molecule has 0 spiro atoms. The summed E-state index contributed by atoms with van der Waals surface area (Å²) in [6.45, 7) is 0. The van der Waals surface area contributed by atoms with Gasteiger partial charge in [-0.25, -0.2) is 4.98 Å². The fraction of sp³-hybridized carbons (Fsp3) is 0.391. The van der Waals surface area contributed by atoms with Crippen LogP contribution in [-0.4, -0.2) is 37.3 Å². The molecule has 4 rings (SSSR count). The average Bonchev–Trinajstić information content (AvgIpc) is 2.78. The third-order valence-corrected chi connectivity index (χ3v) is 5.66. The maximum Gasteiger partial charge on any atom is 0.222 e. The van der Waals surface area contributed by atoms with Crippen LogP contribution in [0, 0.1) is 0 Å². The fourth-order valence-corrected chi connectivity index (χ4v) is 4.12. The van der Waals surface area contributed by atoms with Crippen molar-refractivity contribution in [2.24, 2.45) is 0 Å². The Morgan fingerprint density at radius 1 is 0.867 bits per heavy atom. The molecule has 1 aliphatic rings. The fourth-order valence-electron chi connectivity index (χ4n) is 4.12. The molecule has 0 radical (unpaired) electrons. The van der Waals surface area contributed by atoms with Gasteiger partial charge in [-0.2, -0.15) is 4.98 Å². The molecule has 1 heterocycles. The van der Waals surface area contributed by atoms with E-state index in [9.17, 15) is 0 Å². The number of ether oxygens (including phenoxy) is 3. The van der Waals surface area contributed by atoms with Crippen LogP contribution in [0.2, 0.25) is 0 Å². The predicted octanol–water partition coefficient (Wildman–Crippen LogP) is 4.65. The molecule has 7 heteroatoms. The van der Waals surface area contributed by atoms with Crippen LogP contribution in [0.15, 0.2) is 30.3 Å². The second kappa shape index (κ2) is 8.65. The third kappa shape index (κ3) is 3.92. The van der Waals surface area contributed by atoms with Crippen molar-refractivity contribution in [1.82, 2.24) is 9.97 Å². The average molecular weight is 409 g/mol. The number of anilines is 2. The van der Waals surface area contributed by atoms with E-state index in [1.165, 1.54) is 19.3 Å². The second-order valence-corrected chi connectivity index (χ2v) is 7.56. The molecule has 1 saturated carbocycles. The molecule has 2 aromatic carbocycles. The maximum atomic E-state index is 5.98. The standard InChI is InChI=1S/C23H28N4O3/c1-28-19-12-15(13-20(29-2)21(19)30-3)14-9-10-18-17(11-14)22(27-23(24)26-18)25-16-7-5-4-6-8-16/h9-13,16H,4-8H2,1-3H3,(H3,24,25,26,27). The molecule has 0 bridgehead atoms. The van der Waals surface area contributed by atoms with Gasteiger partial charge in [0.1, 0.15) is 5.82 Å². The molecular weight excluding hydrogens is 380 g/mol. The lowest BCUT2D eigenvalue weighted by molar-refractivity contribution is 0.324. The summed E-state index contributed by atoms with van der Waals surface area (Å²) in [4.78, 5) is 8.93. The van der Waals surface area contributed by atoms with Crippen LogP contribution in [0.1, 0.15) is 32.1 Å². The molecule has 0 amide bonds. The van der Waals surface area contributed by atoms with E-state index in [-0.39, 0.29) is 5.95 Å². The highest BCUT2D eigenvalue weighted by Gasteiger charge is 2.18. The summed E-state index contributed by atoms with van der Waals surface area (Å²) >= 11 is 0. The molecule has 1 aromatic heterocycles. The lowest BCUT2D eigenvalue weighted by Crippen LogP contribution is -2.23. The Kier molecular flexibility index (Phi) is 5.79. The Labute approximate surface area is 176 Å². The van der Waals surface area contributed by atoms with Crippen molar-refractivity contribution < 1.29 is 14.2 Å². The van der Waals surface area contributed by atoms with Gasteiger partial charge in [0, 0.05) is 11.4 Å². The summed E-state index contributed by atoms with van der Waals surface area (Å²) in [5, 5.41) is 4.55. The Bertz CT molecular complexity index is 1020. The molecule has 0 atom stereocenters. The zero-order valence-electron chi connectivity index (χ0n) is 17.7. The largest absolute Gasteiger partial charge is 0.493 e. The van der Waals surface area contributed by atoms with Crippen molar-refractivity contribution in [1.29, 1.82) is 0 Å². The summed E-state index contributed by atoms with van der Waals surface area (Å²) in [7, 11) is 4.83. The van der Waals surface area contributed by atoms with Crippen LogP contribution in [-0.2, 0) is 0 Å². The topological polar surface area (TPSA) is 91.5 Å². The van der Waals surface area contributed by atoms with Crippen LogP contribution >= 0.6 is 0 Å². The number of benzene rings is 2. The summed E-state index contributed by atoms with van der Waals surface area (Å²) in [6, 6.07) is 10.4. The Balaban J connectivity index is 1.79. The number of hydrogen-bond acceptors (Lipinski definition) is 7. The monoisotopic (exact) mass is 408 g/mol. The van der Waals surface area contributed by atoms with E-state index in [0.29, 0.717) is 23.3 Å². The zero-order chi connectivity index (χ0) is 21.1. The van der Waals surface area contributed by atoms with E-state index in [1.54, 1.807) is 21.3 Å². The molecule has 0 aliphatic heterocycles. The highest BCUT2D eigenvalue weighted by atomic mass is 16.5. The lowest BCUT2D eigenvalue weighted by Gasteiger charge is -2.24. The van der Waals surface area contributed by atoms with Crippen molar-refractivity contribution in [3.05, 3.63) is 30.3 Å². The van der Waals surface area contributed by atoms with E-state index in [0.717, 1.165) is 40.7 Å². The van der Waals surface area contributed by atoms with Crippen molar-refractivity contribution >= 4 is 22.7 Å². The Hall–Kier alpha value is -3.22. The molecule has 1 fully saturated rings. The van der Waals surface area contributed by atoms with Crippen LogP contribution in [0.25, 0.3) is 22.0 Å². The van der Waals surface area contributed by atoms with E-state index in [4.69, 9.17) is 19.9 Å². The van der Waals surface area contributed by atoms with Crippen molar-refractivity contribution in [3.8, 4) is 28.4 Å². The smallest absolute Gasteiger partial charge is 0.222 e. The van der Waals surface area contributed by atoms with Gasteiger partial charge in [-0.15, -0.1) is 0 Å². The number of nitrogen functional groups attached to an aromatic ring is 1. The number of nitrogens with zero attached hydrogens (tertiary/aromatic N) is 2. The first kappa shape index (κ1) is 20.1. The highest BCUT2D eigenvalue weighted by molar-refractivity contribution is 5.93. The Morgan fingerprint density at radius 2 is 1.57 bits per heavy atom. The normalized spacial score (nSPS) is 14.5. The molecule has 0 saturated heterocycles. The molecule has 0 unspecified atom stereocenters. The lowest BCUT2D eigenvalue weighted by atomic mass is 9.95. The molecule has 30 heavy (non-hydrogen) atoms. The zero-order valence-corrected chi connectivity index (χ0v) is 17.7. The third-order valence-electron chi connectivity index (χ3n) is 5.66. The highest BCUT2D eigenvalue weighted by Crippen LogP contribution is 2.42. The van der Waals surface area contributed by atoms with Crippen LogP contribution < -0.4 is 25.3 Å². The minimum absolute atomic E-state index is 0.279. The summed E-state index contributed by atoms with van der Waals surface area (Å²) in [6.07, 6.45) is 6.09. The number of rotatable bonds is 6. The number of nitrogens with one attached hydrogen (secondary N) is 1. The van der Waals surface area contributed by atoms with E-state index < -0.39 is 0 Å². The molecule has 1 aliphatic carbocycles. The van der Waals surface area contributed by atoms with Gasteiger partial charge in [0.15, 0.2) is 11.5 Å². The van der Waals surface area contributed by atoms with Gasteiger partial charge in [0.2, 0.25) is 11.7 Å². The van der Waals surface area contributed by atoms with Crippen molar-refractivity contribution in [3.63, 3.8) is 0 Å². The first-order chi connectivity index (χ1) is 14.6. The van der Waals surface area contributed by atoms with Crippen LogP contribution in [0.5, 0.6) is 17.2 Å². The number of methoxy groups -OCH3 is 3. The van der Waals surface area contributed by atoms with Crippen molar-refractivity contribution in [2.75, 3.05) is 32.4 Å². The van der Waals surface area contributed by atoms with Gasteiger partial charge in [0.25, 0.3) is 0 Å². The van der Waals surface area contributed by atoms with Gasteiger partial charge >= 0.3 is 0 Å². The molecule has 3 N–H and O–H groups in total. The minimum atomic E-state index is 0.279. The second-order valence-electron chi connectivity index (χ2n) is 7.56. The van der Waals surface area contributed by atoms with Gasteiger partial charge in [-0.05, 0) is 48.2 Å². The van der Waals surface area contributed by atoms with E-state index in [1.807, 2.05) is 24.3 Å². The van der Waals surface area contributed by atoms with Crippen LogP contribution in [0.4, 0.5) is 11.8 Å². The summed E-state index contributed by atoms with van der Waals surface area (Å²) in [5.41, 5.74) is 8.75. The molecule has 158 valence electrons. The van der Waals surface area contributed by atoms with Gasteiger partial charge in [0.05, 0.1) is 26.8 Å². The predicted molar refractivity (Wildman–Crippen MR) is 120 cm³/mol. The minimum Gasteiger partial charge on any atom is -0.493 e. The number of aromatic nitrogens is 2. The molecule has 3 aromatic rings. The van der Waals surface area contributed by atoms with Crippen LogP contribution in [0.3, 0.4) is 0 Å². The number of hydrogen-bond donors (Lipinski definition) is 2. The first-order valence-electron chi connectivity index (χ1n) is 10.3. The SMILES string of the molecule is COc1cc(-c2ccc3nc(N)nc(NC4CCCCC4)c3c2)cc(OC)c1OC. The van der Waals surface area contributed by atoms with Gasteiger partial charge in [-0.1, -0.05) is 25.3 Å². The number of fused-ring (bicyclic) bond motifs is 1. The molecular formula is C23H28N4O3. The van der Waals surface area contributed by atoms with Gasteiger partial charge < -0.3 is 25.3 Å². The van der Waals surface area contributed by atoms with E-state index >= 15 is 0 Å².